The Hall–Kier alpha value is -1.09. The Labute approximate surface area is 108 Å². The zero-order valence-corrected chi connectivity index (χ0v) is 11.9. The van der Waals surface area contributed by atoms with Crippen molar-refractivity contribution in [2.75, 3.05) is 11.9 Å². The molecule has 0 saturated carbocycles. The molecule has 1 rings (SSSR count). The van der Waals surface area contributed by atoms with Crippen LogP contribution in [-0.4, -0.2) is 16.5 Å². The van der Waals surface area contributed by atoms with Gasteiger partial charge in [0.2, 0.25) is 0 Å². The molecular formula is C13H20ClN3. The van der Waals surface area contributed by atoms with Gasteiger partial charge in [-0.05, 0) is 13.8 Å². The summed E-state index contributed by atoms with van der Waals surface area (Å²) in [4.78, 5) is 8.85. The second kappa shape index (κ2) is 5.05. The molecule has 1 aromatic heterocycles. The van der Waals surface area contributed by atoms with Gasteiger partial charge in [0.15, 0.2) is 0 Å². The van der Waals surface area contributed by atoms with Crippen LogP contribution in [0.2, 0.25) is 5.15 Å². The summed E-state index contributed by atoms with van der Waals surface area (Å²) in [7, 11) is 0. The lowest BCUT2D eigenvalue weighted by Crippen LogP contribution is -2.18. The van der Waals surface area contributed by atoms with Gasteiger partial charge in [-0.25, -0.2) is 9.97 Å². The van der Waals surface area contributed by atoms with E-state index in [2.05, 4.69) is 42.6 Å². The summed E-state index contributed by atoms with van der Waals surface area (Å²) in [6.07, 6.45) is 0. The molecule has 0 aromatic carbocycles. The molecule has 1 aromatic rings. The van der Waals surface area contributed by atoms with Crippen molar-refractivity contribution < 1.29 is 0 Å². The number of rotatable bonds is 3. The van der Waals surface area contributed by atoms with Crippen molar-refractivity contribution in [1.82, 2.24) is 9.97 Å². The molecule has 0 aliphatic carbocycles. The third kappa shape index (κ3) is 3.70. The van der Waals surface area contributed by atoms with E-state index in [9.17, 15) is 0 Å². The Morgan fingerprint density at radius 2 is 1.94 bits per heavy atom. The first kappa shape index (κ1) is 14.0. The number of hydrogen-bond acceptors (Lipinski definition) is 3. The second-order valence-electron chi connectivity index (χ2n) is 5.37. The first-order valence-electron chi connectivity index (χ1n) is 5.64. The molecule has 0 bridgehead atoms. The Morgan fingerprint density at radius 3 is 2.41 bits per heavy atom. The smallest absolute Gasteiger partial charge is 0.137 e. The minimum Gasteiger partial charge on any atom is -0.366 e. The first-order valence-corrected chi connectivity index (χ1v) is 6.02. The molecular weight excluding hydrogens is 234 g/mol. The average Bonchev–Trinajstić information content (AvgIpc) is 2.18. The molecule has 1 N–H and O–H groups in total. The van der Waals surface area contributed by atoms with Crippen LogP contribution in [0.25, 0.3) is 0 Å². The SMILES string of the molecule is C=C(C)CNc1nc(C(C)(C)C)nc(Cl)c1C. The molecule has 0 spiro atoms. The van der Waals surface area contributed by atoms with E-state index < -0.39 is 0 Å². The molecule has 1 heterocycles. The van der Waals surface area contributed by atoms with Gasteiger partial charge in [0.25, 0.3) is 0 Å². The topological polar surface area (TPSA) is 37.8 Å². The zero-order chi connectivity index (χ0) is 13.2. The third-order valence-electron chi connectivity index (χ3n) is 2.31. The van der Waals surface area contributed by atoms with E-state index in [1.54, 1.807) is 0 Å². The van der Waals surface area contributed by atoms with E-state index in [1.807, 2.05) is 13.8 Å². The summed E-state index contributed by atoms with van der Waals surface area (Å²) >= 11 is 6.13. The van der Waals surface area contributed by atoms with Gasteiger partial charge >= 0.3 is 0 Å². The van der Waals surface area contributed by atoms with Gasteiger partial charge in [0.1, 0.15) is 16.8 Å². The zero-order valence-electron chi connectivity index (χ0n) is 11.2. The second-order valence-corrected chi connectivity index (χ2v) is 5.73. The number of nitrogens with zero attached hydrogens (tertiary/aromatic N) is 2. The number of hydrogen-bond donors (Lipinski definition) is 1. The van der Waals surface area contributed by atoms with Crippen LogP contribution < -0.4 is 5.32 Å². The van der Waals surface area contributed by atoms with Crippen LogP contribution in [0.4, 0.5) is 5.82 Å². The van der Waals surface area contributed by atoms with E-state index in [1.165, 1.54) is 0 Å². The molecule has 94 valence electrons. The molecule has 0 atom stereocenters. The fourth-order valence-electron chi connectivity index (χ4n) is 1.23. The van der Waals surface area contributed by atoms with Crippen LogP contribution in [0.1, 0.15) is 39.1 Å². The summed E-state index contributed by atoms with van der Waals surface area (Å²) in [5.41, 5.74) is 1.81. The van der Waals surface area contributed by atoms with Crippen molar-refractivity contribution >= 4 is 17.4 Å². The lowest BCUT2D eigenvalue weighted by atomic mass is 9.95. The predicted molar refractivity (Wildman–Crippen MR) is 73.8 cm³/mol. The van der Waals surface area contributed by atoms with Crippen LogP contribution >= 0.6 is 11.6 Å². The highest BCUT2D eigenvalue weighted by Crippen LogP contribution is 2.25. The van der Waals surface area contributed by atoms with Crippen LogP contribution in [0.5, 0.6) is 0 Å². The molecule has 0 aliphatic rings. The van der Waals surface area contributed by atoms with Crippen LogP contribution in [0.3, 0.4) is 0 Å². The summed E-state index contributed by atoms with van der Waals surface area (Å²) in [5.74, 6) is 1.54. The van der Waals surface area contributed by atoms with Crippen molar-refractivity contribution in [1.29, 1.82) is 0 Å². The monoisotopic (exact) mass is 253 g/mol. The third-order valence-corrected chi connectivity index (χ3v) is 2.68. The van der Waals surface area contributed by atoms with E-state index >= 15 is 0 Å². The van der Waals surface area contributed by atoms with Gasteiger partial charge < -0.3 is 5.32 Å². The summed E-state index contributed by atoms with van der Waals surface area (Å²) in [6, 6.07) is 0. The number of aromatic nitrogens is 2. The van der Waals surface area contributed by atoms with Gasteiger partial charge in [0, 0.05) is 17.5 Å². The first-order chi connectivity index (χ1) is 7.71. The lowest BCUT2D eigenvalue weighted by Gasteiger charge is -2.19. The van der Waals surface area contributed by atoms with Crippen LogP contribution in [-0.2, 0) is 5.41 Å². The van der Waals surface area contributed by atoms with Crippen molar-refractivity contribution in [3.8, 4) is 0 Å². The van der Waals surface area contributed by atoms with Crippen molar-refractivity contribution in [2.45, 2.75) is 40.0 Å². The van der Waals surface area contributed by atoms with E-state index in [0.717, 1.165) is 22.8 Å². The van der Waals surface area contributed by atoms with Crippen LogP contribution in [0.15, 0.2) is 12.2 Å². The Balaban J connectivity index is 3.11. The molecule has 0 saturated heterocycles. The standard InChI is InChI=1S/C13H20ClN3/c1-8(2)7-15-11-9(3)10(14)16-12(17-11)13(4,5)6/h1,7H2,2-6H3,(H,15,16,17). The minimum atomic E-state index is -0.114. The minimum absolute atomic E-state index is 0.114. The maximum atomic E-state index is 6.13. The molecule has 0 amide bonds. The number of anilines is 1. The van der Waals surface area contributed by atoms with Gasteiger partial charge in [-0.1, -0.05) is 44.5 Å². The van der Waals surface area contributed by atoms with E-state index in [-0.39, 0.29) is 5.41 Å². The van der Waals surface area contributed by atoms with Crippen molar-refractivity contribution in [3.63, 3.8) is 0 Å². The van der Waals surface area contributed by atoms with Crippen molar-refractivity contribution in [2.24, 2.45) is 0 Å². The highest BCUT2D eigenvalue weighted by molar-refractivity contribution is 6.30. The molecule has 0 aliphatic heterocycles. The Bertz CT molecular complexity index is 433. The van der Waals surface area contributed by atoms with Crippen molar-refractivity contribution in [3.05, 3.63) is 28.7 Å². The lowest BCUT2D eigenvalue weighted by molar-refractivity contribution is 0.545. The Kier molecular flexibility index (Phi) is 4.15. The molecule has 0 fully saturated rings. The van der Waals surface area contributed by atoms with E-state index in [4.69, 9.17) is 11.6 Å². The largest absolute Gasteiger partial charge is 0.366 e. The fourth-order valence-corrected chi connectivity index (χ4v) is 1.40. The highest BCUT2D eigenvalue weighted by atomic mass is 35.5. The molecule has 0 unspecified atom stereocenters. The summed E-state index contributed by atoms with van der Waals surface area (Å²) < 4.78 is 0. The molecule has 3 nitrogen and oxygen atoms in total. The molecule has 0 radical (unpaired) electrons. The summed E-state index contributed by atoms with van der Waals surface area (Å²) in [5, 5.41) is 3.74. The number of nitrogens with one attached hydrogen (secondary N) is 1. The maximum absolute atomic E-state index is 6.13. The number of halogens is 1. The fraction of sp³-hybridized carbons (Fsp3) is 0.538. The Morgan fingerprint density at radius 1 is 1.35 bits per heavy atom. The normalized spacial score (nSPS) is 11.4. The predicted octanol–water partition coefficient (Wildman–Crippen LogP) is 3.72. The van der Waals surface area contributed by atoms with E-state index in [0.29, 0.717) is 11.7 Å². The highest BCUT2D eigenvalue weighted by Gasteiger charge is 2.20. The quantitative estimate of drug-likeness (QED) is 0.659. The van der Waals surface area contributed by atoms with Gasteiger partial charge in [0.05, 0.1) is 0 Å². The molecule has 4 heteroatoms. The van der Waals surface area contributed by atoms with Gasteiger partial charge in [-0.3, -0.25) is 0 Å². The molecule has 17 heavy (non-hydrogen) atoms. The maximum Gasteiger partial charge on any atom is 0.137 e. The van der Waals surface area contributed by atoms with Gasteiger partial charge in [-0.2, -0.15) is 0 Å². The van der Waals surface area contributed by atoms with Gasteiger partial charge in [-0.15, -0.1) is 0 Å². The average molecular weight is 254 g/mol. The van der Waals surface area contributed by atoms with Crippen LogP contribution in [0, 0.1) is 6.92 Å². The summed E-state index contributed by atoms with van der Waals surface area (Å²) in [6.45, 7) is 14.6.